The van der Waals surface area contributed by atoms with Crippen LogP contribution in [-0.4, -0.2) is 37.1 Å². The van der Waals surface area contributed by atoms with Gasteiger partial charge in [0, 0.05) is 46.6 Å². The molecule has 0 bridgehead atoms. The highest BCUT2D eigenvalue weighted by Gasteiger charge is 2.10. The van der Waals surface area contributed by atoms with Crippen molar-refractivity contribution in [1.82, 2.24) is 10.6 Å². The Morgan fingerprint density at radius 1 is 1.07 bits per heavy atom. The van der Waals surface area contributed by atoms with E-state index in [0.29, 0.717) is 6.54 Å². The number of thiophene rings is 1. The van der Waals surface area contributed by atoms with E-state index in [1.54, 1.807) is 0 Å². The monoisotopic (exact) mass is 516 g/mol. The number of hydrogen-bond donors (Lipinski definition) is 2. The summed E-state index contributed by atoms with van der Waals surface area (Å²) in [7, 11) is 0. The topological polar surface area (TPSA) is 39.7 Å². The van der Waals surface area contributed by atoms with Gasteiger partial charge in [0.1, 0.15) is 0 Å². The molecule has 0 radical (unpaired) electrons. The number of halogens is 1. The Kier molecular flexibility index (Phi) is 9.78. The standard InChI is InChI=1S/C20H28N4S2.HI/c1-3-21-20(23-15-19-9-4-16(2)26-19)22-14-17-5-7-18(8-6-17)24-10-12-25-13-11-24;/h4-9H,3,10-15H2,1-2H3,(H2,21,22,23);1H. The van der Waals surface area contributed by atoms with Crippen LogP contribution in [0.5, 0.6) is 0 Å². The van der Waals surface area contributed by atoms with E-state index in [4.69, 9.17) is 4.99 Å². The molecule has 7 heteroatoms. The van der Waals surface area contributed by atoms with Gasteiger partial charge < -0.3 is 15.5 Å². The third-order valence-electron chi connectivity index (χ3n) is 4.30. The maximum Gasteiger partial charge on any atom is 0.191 e. The van der Waals surface area contributed by atoms with Gasteiger partial charge >= 0.3 is 0 Å². The Morgan fingerprint density at radius 3 is 2.44 bits per heavy atom. The van der Waals surface area contributed by atoms with Crippen molar-refractivity contribution in [3.05, 3.63) is 51.7 Å². The van der Waals surface area contributed by atoms with Gasteiger partial charge in [0.2, 0.25) is 0 Å². The second-order valence-electron chi connectivity index (χ2n) is 6.33. The first-order valence-electron chi connectivity index (χ1n) is 9.23. The van der Waals surface area contributed by atoms with Gasteiger partial charge in [0.25, 0.3) is 0 Å². The summed E-state index contributed by atoms with van der Waals surface area (Å²) >= 11 is 3.87. The van der Waals surface area contributed by atoms with Gasteiger partial charge in [0.05, 0.1) is 13.1 Å². The molecule has 148 valence electrons. The van der Waals surface area contributed by atoms with E-state index in [-0.39, 0.29) is 24.0 Å². The zero-order valence-corrected chi connectivity index (χ0v) is 20.0. The molecule has 2 aromatic rings. The number of aryl methyl sites for hydroxylation is 1. The molecule has 0 amide bonds. The van der Waals surface area contributed by atoms with Crippen molar-refractivity contribution in [2.24, 2.45) is 4.99 Å². The minimum Gasteiger partial charge on any atom is -0.370 e. The number of aliphatic imine (C=N–C) groups is 1. The Hall–Kier alpha value is -0.930. The minimum atomic E-state index is 0. The third kappa shape index (κ3) is 7.19. The molecule has 27 heavy (non-hydrogen) atoms. The zero-order valence-electron chi connectivity index (χ0n) is 16.0. The van der Waals surface area contributed by atoms with E-state index in [1.807, 2.05) is 23.1 Å². The SMILES string of the molecule is CCNC(=NCc1ccc(N2CCSCC2)cc1)NCc1ccc(C)s1.I. The van der Waals surface area contributed by atoms with E-state index in [1.165, 1.54) is 32.5 Å². The fourth-order valence-corrected chi connectivity index (χ4v) is 4.63. The summed E-state index contributed by atoms with van der Waals surface area (Å²) < 4.78 is 0. The molecule has 4 nitrogen and oxygen atoms in total. The highest BCUT2D eigenvalue weighted by molar-refractivity contribution is 14.0. The van der Waals surface area contributed by atoms with Crippen molar-refractivity contribution in [2.75, 3.05) is 36.0 Å². The normalized spacial score (nSPS) is 14.6. The van der Waals surface area contributed by atoms with Crippen molar-refractivity contribution >= 4 is 58.7 Å². The third-order valence-corrected chi connectivity index (χ3v) is 6.25. The van der Waals surface area contributed by atoms with Crippen LogP contribution < -0.4 is 15.5 Å². The minimum absolute atomic E-state index is 0. The molecule has 1 aromatic heterocycles. The number of nitrogens with one attached hydrogen (secondary N) is 2. The zero-order chi connectivity index (χ0) is 18.2. The molecule has 3 rings (SSSR count). The lowest BCUT2D eigenvalue weighted by atomic mass is 10.2. The van der Waals surface area contributed by atoms with Gasteiger partial charge in [-0.05, 0) is 43.7 Å². The Morgan fingerprint density at radius 2 is 1.81 bits per heavy atom. The van der Waals surface area contributed by atoms with Gasteiger partial charge in [-0.1, -0.05) is 12.1 Å². The van der Waals surface area contributed by atoms with Gasteiger partial charge in [-0.2, -0.15) is 11.8 Å². The maximum atomic E-state index is 4.73. The van der Waals surface area contributed by atoms with Crippen LogP contribution in [0.1, 0.15) is 22.2 Å². The number of rotatable bonds is 6. The Labute approximate surface area is 188 Å². The lowest BCUT2D eigenvalue weighted by molar-refractivity contribution is 0.823. The molecule has 1 saturated heterocycles. The highest BCUT2D eigenvalue weighted by atomic mass is 127. The largest absolute Gasteiger partial charge is 0.370 e. The Bertz CT molecular complexity index is 709. The lowest BCUT2D eigenvalue weighted by Gasteiger charge is -2.28. The van der Waals surface area contributed by atoms with Crippen LogP contribution in [0.3, 0.4) is 0 Å². The molecule has 1 aliphatic heterocycles. The molecule has 0 unspecified atom stereocenters. The smallest absolute Gasteiger partial charge is 0.191 e. The number of guanidine groups is 1. The molecule has 2 N–H and O–H groups in total. The first-order valence-corrected chi connectivity index (χ1v) is 11.2. The van der Waals surface area contributed by atoms with Crippen LogP contribution in [0.2, 0.25) is 0 Å². The van der Waals surface area contributed by atoms with Crippen LogP contribution in [-0.2, 0) is 13.1 Å². The average molecular weight is 517 g/mol. The molecule has 0 saturated carbocycles. The maximum absolute atomic E-state index is 4.73. The lowest BCUT2D eigenvalue weighted by Crippen LogP contribution is -2.36. The predicted octanol–water partition coefficient (Wildman–Crippen LogP) is 4.48. The molecule has 1 aliphatic rings. The first-order chi connectivity index (χ1) is 12.7. The van der Waals surface area contributed by atoms with Crippen LogP contribution >= 0.6 is 47.1 Å². The summed E-state index contributed by atoms with van der Waals surface area (Å²) in [6.45, 7) is 8.90. The molecule has 1 fully saturated rings. The average Bonchev–Trinajstić information content (AvgIpc) is 3.10. The van der Waals surface area contributed by atoms with E-state index in [9.17, 15) is 0 Å². The van der Waals surface area contributed by atoms with Gasteiger partial charge in [0.15, 0.2) is 5.96 Å². The molecular formula is C20H29IN4S2. The van der Waals surface area contributed by atoms with Gasteiger partial charge in [-0.3, -0.25) is 0 Å². The van der Waals surface area contributed by atoms with Crippen LogP contribution in [0, 0.1) is 6.92 Å². The van der Waals surface area contributed by atoms with Gasteiger partial charge in [-0.15, -0.1) is 35.3 Å². The van der Waals surface area contributed by atoms with E-state index < -0.39 is 0 Å². The van der Waals surface area contributed by atoms with Crippen LogP contribution in [0.4, 0.5) is 5.69 Å². The fraction of sp³-hybridized carbons (Fsp3) is 0.450. The molecule has 2 heterocycles. The fourth-order valence-electron chi connectivity index (χ4n) is 2.90. The number of hydrogen-bond acceptors (Lipinski definition) is 4. The van der Waals surface area contributed by atoms with Crippen molar-refractivity contribution in [1.29, 1.82) is 0 Å². The highest BCUT2D eigenvalue weighted by Crippen LogP contribution is 2.20. The summed E-state index contributed by atoms with van der Waals surface area (Å²) in [4.78, 5) is 9.87. The second kappa shape index (κ2) is 11.8. The second-order valence-corrected chi connectivity index (χ2v) is 8.92. The quantitative estimate of drug-likeness (QED) is 0.338. The van der Waals surface area contributed by atoms with E-state index >= 15 is 0 Å². The van der Waals surface area contributed by atoms with Crippen molar-refractivity contribution < 1.29 is 0 Å². The first kappa shape index (κ1) is 22.4. The van der Waals surface area contributed by atoms with Gasteiger partial charge in [-0.25, -0.2) is 4.99 Å². The van der Waals surface area contributed by atoms with Crippen molar-refractivity contribution in [3.8, 4) is 0 Å². The van der Waals surface area contributed by atoms with Crippen molar-refractivity contribution in [3.63, 3.8) is 0 Å². The summed E-state index contributed by atoms with van der Waals surface area (Å²) in [6.07, 6.45) is 0. The molecule has 1 aromatic carbocycles. The molecule has 0 aliphatic carbocycles. The molecule has 0 atom stereocenters. The summed E-state index contributed by atoms with van der Waals surface area (Å²) in [5.41, 5.74) is 2.57. The number of nitrogens with zero attached hydrogens (tertiary/aromatic N) is 2. The van der Waals surface area contributed by atoms with E-state index in [0.717, 1.165) is 32.1 Å². The van der Waals surface area contributed by atoms with E-state index in [2.05, 4.69) is 65.8 Å². The van der Waals surface area contributed by atoms with Crippen molar-refractivity contribution in [2.45, 2.75) is 26.9 Å². The van der Waals surface area contributed by atoms with Crippen LogP contribution in [0.15, 0.2) is 41.4 Å². The molecular weight excluding hydrogens is 487 g/mol. The predicted molar refractivity (Wildman–Crippen MR) is 132 cm³/mol. The number of anilines is 1. The number of benzene rings is 1. The summed E-state index contributed by atoms with van der Waals surface area (Å²) in [5.74, 6) is 3.33. The molecule has 0 spiro atoms. The summed E-state index contributed by atoms with van der Waals surface area (Å²) in [5, 5.41) is 6.75. The summed E-state index contributed by atoms with van der Waals surface area (Å²) in [6, 6.07) is 13.2. The van der Waals surface area contributed by atoms with Crippen LogP contribution in [0.25, 0.3) is 0 Å². The number of thioether (sulfide) groups is 1. The Balaban J connectivity index is 0.00000261.